The van der Waals surface area contributed by atoms with Crippen molar-refractivity contribution in [3.05, 3.63) is 53.6 Å². The molecule has 2 aromatic carbocycles. The third kappa shape index (κ3) is 3.11. The molecule has 1 heterocycles. The molecule has 5 nitrogen and oxygen atoms in total. The topological polar surface area (TPSA) is 56.2 Å². The molecule has 1 aromatic heterocycles. The van der Waals surface area contributed by atoms with Gasteiger partial charge in [0.2, 0.25) is 11.9 Å². The molecule has 0 aliphatic rings. The molecule has 3 rings (SSSR count). The van der Waals surface area contributed by atoms with E-state index >= 15 is 0 Å². The second-order valence-electron chi connectivity index (χ2n) is 5.71. The van der Waals surface area contributed by atoms with Crippen LogP contribution >= 0.6 is 0 Å². The molecule has 1 N–H and O–H groups in total. The van der Waals surface area contributed by atoms with Gasteiger partial charge in [-0.25, -0.2) is 4.98 Å². The summed E-state index contributed by atoms with van der Waals surface area (Å²) in [6, 6.07) is 13.7. The minimum atomic E-state index is -0.107. The number of aromatic nitrogens is 2. The lowest BCUT2D eigenvalue weighted by atomic mass is 10.1. The van der Waals surface area contributed by atoms with E-state index in [1.807, 2.05) is 60.9 Å². The molecule has 0 fully saturated rings. The summed E-state index contributed by atoms with van der Waals surface area (Å²) in [6.45, 7) is 4.77. The van der Waals surface area contributed by atoms with Crippen molar-refractivity contribution >= 4 is 22.9 Å². The summed E-state index contributed by atoms with van der Waals surface area (Å²) in [7, 11) is 1.61. The first-order valence-electron chi connectivity index (χ1n) is 8.01. The number of benzene rings is 2. The minimum absolute atomic E-state index is 0.107. The summed E-state index contributed by atoms with van der Waals surface area (Å²) in [4.78, 5) is 17.0. The molecule has 0 atom stereocenters. The van der Waals surface area contributed by atoms with Crippen LogP contribution in [0.5, 0.6) is 5.75 Å². The Morgan fingerprint density at radius 1 is 1.25 bits per heavy atom. The maximum atomic E-state index is 12.5. The second-order valence-corrected chi connectivity index (χ2v) is 5.71. The molecule has 24 heavy (non-hydrogen) atoms. The van der Waals surface area contributed by atoms with Gasteiger partial charge in [-0.1, -0.05) is 29.8 Å². The molecular weight excluding hydrogens is 302 g/mol. The number of imidazole rings is 1. The van der Waals surface area contributed by atoms with Gasteiger partial charge < -0.3 is 9.30 Å². The summed E-state index contributed by atoms with van der Waals surface area (Å²) in [5, 5.41) is 2.93. The largest absolute Gasteiger partial charge is 0.496 e. The van der Waals surface area contributed by atoms with E-state index in [1.54, 1.807) is 7.11 Å². The van der Waals surface area contributed by atoms with Gasteiger partial charge in [-0.15, -0.1) is 0 Å². The Balaban J connectivity index is 1.84. The van der Waals surface area contributed by atoms with Gasteiger partial charge >= 0.3 is 0 Å². The van der Waals surface area contributed by atoms with E-state index in [-0.39, 0.29) is 12.3 Å². The van der Waals surface area contributed by atoms with Crippen molar-refractivity contribution in [2.75, 3.05) is 12.4 Å². The molecular formula is C19H21N3O2. The van der Waals surface area contributed by atoms with Crippen molar-refractivity contribution in [2.45, 2.75) is 26.8 Å². The molecule has 1 amide bonds. The van der Waals surface area contributed by atoms with E-state index in [0.29, 0.717) is 5.95 Å². The maximum Gasteiger partial charge on any atom is 0.231 e. The number of carbonyl (C=O) groups is 1. The lowest BCUT2D eigenvalue weighted by molar-refractivity contribution is -0.115. The third-order valence-corrected chi connectivity index (χ3v) is 4.01. The Hall–Kier alpha value is -2.82. The Kier molecular flexibility index (Phi) is 4.51. The summed E-state index contributed by atoms with van der Waals surface area (Å²) in [5.41, 5.74) is 3.86. The van der Waals surface area contributed by atoms with Crippen LogP contribution in [-0.2, 0) is 17.8 Å². The molecule has 0 spiro atoms. The van der Waals surface area contributed by atoms with Crippen LogP contribution in [0.4, 0.5) is 5.95 Å². The van der Waals surface area contributed by atoms with Gasteiger partial charge in [0.1, 0.15) is 5.75 Å². The van der Waals surface area contributed by atoms with Crippen molar-refractivity contribution in [3.8, 4) is 5.75 Å². The van der Waals surface area contributed by atoms with Gasteiger partial charge in [-0.05, 0) is 32.0 Å². The van der Waals surface area contributed by atoms with E-state index in [9.17, 15) is 4.79 Å². The number of fused-ring (bicyclic) bond motifs is 1. The first-order valence-corrected chi connectivity index (χ1v) is 8.01. The number of hydrogen-bond donors (Lipinski definition) is 1. The van der Waals surface area contributed by atoms with Crippen LogP contribution in [0.3, 0.4) is 0 Å². The van der Waals surface area contributed by atoms with Gasteiger partial charge in [-0.2, -0.15) is 0 Å². The number of carbonyl (C=O) groups excluding carboxylic acids is 1. The molecule has 0 bridgehead atoms. The fourth-order valence-electron chi connectivity index (χ4n) is 2.88. The number of ether oxygens (including phenoxy) is 1. The van der Waals surface area contributed by atoms with Crippen LogP contribution in [0.25, 0.3) is 11.0 Å². The Bertz CT molecular complexity index is 883. The molecule has 3 aromatic rings. The van der Waals surface area contributed by atoms with Gasteiger partial charge in [0.15, 0.2) is 0 Å². The first-order chi connectivity index (χ1) is 11.6. The highest BCUT2D eigenvalue weighted by molar-refractivity contribution is 5.93. The van der Waals surface area contributed by atoms with Gasteiger partial charge in [-0.3, -0.25) is 10.1 Å². The quantitative estimate of drug-likeness (QED) is 0.781. The summed E-state index contributed by atoms with van der Waals surface area (Å²) in [5.74, 6) is 1.19. The Labute approximate surface area is 141 Å². The van der Waals surface area contributed by atoms with Crippen LogP contribution in [0.15, 0.2) is 42.5 Å². The zero-order valence-electron chi connectivity index (χ0n) is 14.2. The predicted molar refractivity (Wildman–Crippen MR) is 95.5 cm³/mol. The number of amides is 1. The smallest absolute Gasteiger partial charge is 0.231 e. The van der Waals surface area contributed by atoms with E-state index < -0.39 is 0 Å². The standard InChI is InChI=1S/C19H21N3O2/c1-4-22-16-8-6-5-7-15(16)20-19(22)21-18(23)12-14-11-13(2)9-10-17(14)24-3/h5-11H,4,12H2,1-3H3,(H,20,21,23). The molecule has 0 unspecified atom stereocenters. The SMILES string of the molecule is CCn1c(NC(=O)Cc2cc(C)ccc2OC)nc2ccccc21. The van der Waals surface area contributed by atoms with Gasteiger partial charge in [0.05, 0.1) is 24.6 Å². The number of methoxy groups -OCH3 is 1. The van der Waals surface area contributed by atoms with E-state index in [1.165, 1.54) is 0 Å². The first kappa shape index (κ1) is 16.1. The lowest BCUT2D eigenvalue weighted by Gasteiger charge is -2.10. The van der Waals surface area contributed by atoms with E-state index in [2.05, 4.69) is 10.3 Å². The number of anilines is 1. The summed E-state index contributed by atoms with van der Waals surface area (Å²) < 4.78 is 7.34. The molecule has 5 heteroatoms. The molecule has 0 radical (unpaired) electrons. The zero-order chi connectivity index (χ0) is 17.1. The average molecular weight is 323 g/mol. The van der Waals surface area contributed by atoms with Crippen LogP contribution in [0.1, 0.15) is 18.1 Å². The monoisotopic (exact) mass is 323 g/mol. The molecule has 0 aliphatic carbocycles. The van der Waals surface area contributed by atoms with Crippen molar-refractivity contribution in [3.63, 3.8) is 0 Å². The zero-order valence-corrected chi connectivity index (χ0v) is 14.2. The van der Waals surface area contributed by atoms with Crippen molar-refractivity contribution < 1.29 is 9.53 Å². The number of para-hydroxylation sites is 2. The van der Waals surface area contributed by atoms with Crippen LogP contribution < -0.4 is 10.1 Å². The molecule has 124 valence electrons. The highest BCUT2D eigenvalue weighted by Crippen LogP contribution is 2.22. The highest BCUT2D eigenvalue weighted by atomic mass is 16.5. The number of nitrogens with one attached hydrogen (secondary N) is 1. The molecule has 0 saturated carbocycles. The summed E-state index contributed by atoms with van der Waals surface area (Å²) in [6.07, 6.45) is 0.248. The average Bonchev–Trinajstić information content (AvgIpc) is 2.91. The highest BCUT2D eigenvalue weighted by Gasteiger charge is 2.14. The molecule has 0 aliphatic heterocycles. The van der Waals surface area contributed by atoms with Crippen molar-refractivity contribution in [1.82, 2.24) is 9.55 Å². The van der Waals surface area contributed by atoms with Crippen LogP contribution in [0, 0.1) is 6.92 Å². The van der Waals surface area contributed by atoms with Crippen LogP contribution in [-0.4, -0.2) is 22.6 Å². The normalized spacial score (nSPS) is 10.8. The number of hydrogen-bond acceptors (Lipinski definition) is 3. The van der Waals surface area contributed by atoms with E-state index in [0.717, 1.165) is 34.5 Å². The van der Waals surface area contributed by atoms with Crippen LogP contribution in [0.2, 0.25) is 0 Å². The predicted octanol–water partition coefficient (Wildman–Crippen LogP) is 3.55. The maximum absolute atomic E-state index is 12.5. The number of nitrogens with zero attached hydrogens (tertiary/aromatic N) is 2. The lowest BCUT2D eigenvalue weighted by Crippen LogP contribution is -2.18. The Morgan fingerprint density at radius 3 is 2.79 bits per heavy atom. The fraction of sp³-hybridized carbons (Fsp3) is 0.263. The second kappa shape index (κ2) is 6.74. The Morgan fingerprint density at radius 2 is 2.04 bits per heavy atom. The number of aryl methyl sites for hydroxylation is 2. The van der Waals surface area contributed by atoms with E-state index in [4.69, 9.17) is 4.74 Å². The number of rotatable bonds is 5. The molecule has 0 saturated heterocycles. The van der Waals surface area contributed by atoms with Gasteiger partial charge in [0.25, 0.3) is 0 Å². The minimum Gasteiger partial charge on any atom is -0.496 e. The van der Waals surface area contributed by atoms with Crippen molar-refractivity contribution in [1.29, 1.82) is 0 Å². The fourth-order valence-corrected chi connectivity index (χ4v) is 2.88. The summed E-state index contributed by atoms with van der Waals surface area (Å²) >= 11 is 0. The van der Waals surface area contributed by atoms with Gasteiger partial charge in [0, 0.05) is 12.1 Å². The van der Waals surface area contributed by atoms with Crippen molar-refractivity contribution in [2.24, 2.45) is 0 Å². The third-order valence-electron chi connectivity index (χ3n) is 4.01.